The van der Waals surface area contributed by atoms with E-state index in [0.29, 0.717) is 6.61 Å². The highest BCUT2D eigenvalue weighted by molar-refractivity contribution is 9.10. The molecule has 0 amide bonds. The molecule has 2 N–H and O–H groups in total. The number of anilines is 1. The summed E-state index contributed by atoms with van der Waals surface area (Å²) >= 11 is 3.51. The van der Waals surface area contributed by atoms with Crippen molar-refractivity contribution in [2.45, 2.75) is 27.4 Å². The number of hydrogen-bond acceptors (Lipinski definition) is 2. The van der Waals surface area contributed by atoms with Gasteiger partial charge in [0.15, 0.2) is 0 Å². The predicted octanol–water partition coefficient (Wildman–Crippen LogP) is 4.54. The molecule has 0 saturated carbocycles. The topological polar surface area (TPSA) is 35.2 Å². The van der Waals surface area contributed by atoms with Crippen LogP contribution in [0.25, 0.3) is 0 Å². The monoisotopic (exact) mass is 319 g/mol. The van der Waals surface area contributed by atoms with Crippen LogP contribution in [0, 0.1) is 20.8 Å². The van der Waals surface area contributed by atoms with Gasteiger partial charge in [0.2, 0.25) is 0 Å². The second-order valence-electron chi connectivity index (χ2n) is 4.80. The Morgan fingerprint density at radius 2 is 1.74 bits per heavy atom. The molecule has 0 aliphatic carbocycles. The minimum Gasteiger partial charge on any atom is -0.489 e. The second-order valence-corrected chi connectivity index (χ2v) is 5.65. The number of halogens is 1. The third kappa shape index (κ3) is 3.10. The molecule has 0 aromatic heterocycles. The lowest BCUT2D eigenvalue weighted by Crippen LogP contribution is -2.02. The molecule has 2 aromatic rings. The Labute approximate surface area is 122 Å². The SMILES string of the molecule is Cc1cc(C)c(OCc2c(N)cccc2Br)cc1C. The number of ether oxygens (including phenoxy) is 1. The highest BCUT2D eigenvalue weighted by atomic mass is 79.9. The van der Waals surface area contributed by atoms with Crippen LogP contribution < -0.4 is 10.5 Å². The molecule has 0 unspecified atom stereocenters. The third-order valence-corrected chi connectivity index (χ3v) is 4.06. The van der Waals surface area contributed by atoms with E-state index in [9.17, 15) is 0 Å². The van der Waals surface area contributed by atoms with Crippen molar-refractivity contribution in [1.82, 2.24) is 0 Å². The van der Waals surface area contributed by atoms with E-state index in [0.717, 1.165) is 27.0 Å². The summed E-state index contributed by atoms with van der Waals surface area (Å²) in [5, 5.41) is 0. The van der Waals surface area contributed by atoms with Crippen LogP contribution in [0.3, 0.4) is 0 Å². The van der Waals surface area contributed by atoms with Gasteiger partial charge in [-0.25, -0.2) is 0 Å². The van der Waals surface area contributed by atoms with E-state index in [1.165, 1.54) is 11.1 Å². The Kier molecular flexibility index (Phi) is 4.15. The van der Waals surface area contributed by atoms with Gasteiger partial charge in [-0.3, -0.25) is 0 Å². The molecule has 3 heteroatoms. The maximum absolute atomic E-state index is 5.97. The zero-order valence-corrected chi connectivity index (χ0v) is 13.0. The highest BCUT2D eigenvalue weighted by Gasteiger charge is 2.07. The minimum atomic E-state index is 0.469. The smallest absolute Gasteiger partial charge is 0.123 e. The van der Waals surface area contributed by atoms with Gasteiger partial charge < -0.3 is 10.5 Å². The summed E-state index contributed by atoms with van der Waals surface area (Å²) in [5.41, 5.74) is 11.4. The van der Waals surface area contributed by atoms with Crippen LogP contribution in [0.15, 0.2) is 34.8 Å². The number of nitrogens with two attached hydrogens (primary N) is 1. The van der Waals surface area contributed by atoms with Gasteiger partial charge in [-0.15, -0.1) is 0 Å². The maximum atomic E-state index is 5.97. The van der Waals surface area contributed by atoms with Gasteiger partial charge in [-0.2, -0.15) is 0 Å². The molecule has 0 bridgehead atoms. The lowest BCUT2D eigenvalue weighted by molar-refractivity contribution is 0.304. The van der Waals surface area contributed by atoms with Gasteiger partial charge in [0.05, 0.1) is 0 Å². The van der Waals surface area contributed by atoms with Crippen molar-refractivity contribution in [2.75, 3.05) is 5.73 Å². The van der Waals surface area contributed by atoms with E-state index in [-0.39, 0.29) is 0 Å². The van der Waals surface area contributed by atoms with E-state index >= 15 is 0 Å². The minimum absolute atomic E-state index is 0.469. The molecule has 19 heavy (non-hydrogen) atoms. The van der Waals surface area contributed by atoms with Crippen LogP contribution in [0.1, 0.15) is 22.3 Å². The van der Waals surface area contributed by atoms with Gasteiger partial charge in [0.1, 0.15) is 12.4 Å². The first-order valence-corrected chi connectivity index (χ1v) is 7.02. The fourth-order valence-electron chi connectivity index (χ4n) is 1.97. The van der Waals surface area contributed by atoms with Crippen molar-refractivity contribution in [1.29, 1.82) is 0 Å². The molecule has 0 heterocycles. The Morgan fingerprint density at radius 3 is 2.42 bits per heavy atom. The first-order chi connectivity index (χ1) is 8.99. The van der Waals surface area contributed by atoms with Crippen LogP contribution >= 0.6 is 15.9 Å². The average Bonchev–Trinajstić information content (AvgIpc) is 2.34. The summed E-state index contributed by atoms with van der Waals surface area (Å²) in [4.78, 5) is 0. The van der Waals surface area contributed by atoms with Crippen LogP contribution in [0.4, 0.5) is 5.69 Å². The lowest BCUT2D eigenvalue weighted by atomic mass is 10.1. The maximum Gasteiger partial charge on any atom is 0.123 e. The van der Waals surface area contributed by atoms with Gasteiger partial charge in [0.25, 0.3) is 0 Å². The van der Waals surface area contributed by atoms with Crippen LogP contribution in [0.5, 0.6) is 5.75 Å². The summed E-state index contributed by atoms with van der Waals surface area (Å²) in [6.07, 6.45) is 0. The summed E-state index contributed by atoms with van der Waals surface area (Å²) in [6, 6.07) is 10.0. The zero-order chi connectivity index (χ0) is 14.0. The molecule has 0 fully saturated rings. The normalized spacial score (nSPS) is 10.5. The van der Waals surface area contributed by atoms with Crippen LogP contribution in [-0.2, 0) is 6.61 Å². The van der Waals surface area contributed by atoms with E-state index in [4.69, 9.17) is 10.5 Å². The largest absolute Gasteiger partial charge is 0.489 e. The Morgan fingerprint density at radius 1 is 1.05 bits per heavy atom. The summed E-state index contributed by atoms with van der Waals surface area (Å²) < 4.78 is 6.89. The quantitative estimate of drug-likeness (QED) is 0.843. The lowest BCUT2D eigenvalue weighted by Gasteiger charge is -2.14. The highest BCUT2D eigenvalue weighted by Crippen LogP contribution is 2.27. The molecule has 2 nitrogen and oxygen atoms in total. The van der Waals surface area contributed by atoms with Crippen LogP contribution in [-0.4, -0.2) is 0 Å². The molecule has 0 aliphatic rings. The first-order valence-electron chi connectivity index (χ1n) is 6.22. The van der Waals surface area contributed by atoms with Crippen molar-refractivity contribution >= 4 is 21.6 Å². The third-order valence-electron chi connectivity index (χ3n) is 3.32. The molecule has 0 spiro atoms. The van der Waals surface area contributed by atoms with E-state index in [1.54, 1.807) is 0 Å². The fourth-order valence-corrected chi connectivity index (χ4v) is 2.46. The summed E-state index contributed by atoms with van der Waals surface area (Å²) in [6.45, 7) is 6.73. The predicted molar refractivity (Wildman–Crippen MR) is 83.5 cm³/mol. The van der Waals surface area contributed by atoms with E-state index < -0.39 is 0 Å². The van der Waals surface area contributed by atoms with Crippen LogP contribution in [0.2, 0.25) is 0 Å². The Balaban J connectivity index is 2.22. The molecule has 100 valence electrons. The van der Waals surface area contributed by atoms with Crippen molar-refractivity contribution in [3.8, 4) is 5.75 Å². The second kappa shape index (κ2) is 5.66. The molecule has 0 radical (unpaired) electrons. The zero-order valence-electron chi connectivity index (χ0n) is 11.5. The Bertz CT molecular complexity index is 588. The van der Waals surface area contributed by atoms with Gasteiger partial charge >= 0.3 is 0 Å². The summed E-state index contributed by atoms with van der Waals surface area (Å²) in [7, 11) is 0. The van der Waals surface area contributed by atoms with Gasteiger partial charge in [0, 0.05) is 15.7 Å². The molecular weight excluding hydrogens is 302 g/mol. The molecular formula is C16H18BrNO. The molecule has 2 aromatic carbocycles. The Hall–Kier alpha value is -1.48. The van der Waals surface area contributed by atoms with Crippen molar-refractivity contribution < 1.29 is 4.74 Å². The van der Waals surface area contributed by atoms with Gasteiger partial charge in [-0.1, -0.05) is 28.1 Å². The van der Waals surface area contributed by atoms with Crippen molar-refractivity contribution in [3.05, 3.63) is 57.1 Å². The van der Waals surface area contributed by atoms with Crippen molar-refractivity contribution in [3.63, 3.8) is 0 Å². The number of rotatable bonds is 3. The number of benzene rings is 2. The molecule has 2 rings (SSSR count). The average molecular weight is 320 g/mol. The van der Waals surface area contributed by atoms with Crippen molar-refractivity contribution in [2.24, 2.45) is 0 Å². The summed E-state index contributed by atoms with van der Waals surface area (Å²) in [5.74, 6) is 0.915. The molecule has 0 atom stereocenters. The number of aryl methyl sites for hydroxylation is 3. The van der Waals surface area contributed by atoms with E-state index in [1.807, 2.05) is 18.2 Å². The molecule has 0 saturated heterocycles. The standard InChI is InChI=1S/C16H18BrNO/c1-10-7-12(3)16(8-11(10)2)19-9-13-14(17)5-4-6-15(13)18/h4-8H,9,18H2,1-3H3. The number of nitrogen functional groups attached to an aromatic ring is 1. The fraction of sp³-hybridized carbons (Fsp3) is 0.250. The van der Waals surface area contributed by atoms with E-state index in [2.05, 4.69) is 48.8 Å². The number of hydrogen-bond donors (Lipinski definition) is 1. The molecule has 0 aliphatic heterocycles. The van der Waals surface area contributed by atoms with Gasteiger partial charge in [-0.05, 0) is 55.7 Å². The first kappa shape index (κ1) is 13.9.